The molecule has 0 aliphatic rings. The number of hydrogen-bond donors (Lipinski definition) is 0. The summed E-state index contributed by atoms with van der Waals surface area (Å²) in [5, 5.41) is 19.9. The molecule has 0 spiro atoms. The van der Waals surface area contributed by atoms with Gasteiger partial charge in [-0.25, -0.2) is 15.0 Å². The van der Waals surface area contributed by atoms with Crippen LogP contribution in [0, 0.1) is 11.3 Å². The molecule has 60 heavy (non-hydrogen) atoms. The number of hydrogen-bond acceptors (Lipinski definition) is 4. The van der Waals surface area contributed by atoms with E-state index in [4.69, 9.17) is 15.0 Å². The molecule has 1 aromatic heterocycles. The third-order valence-electron chi connectivity index (χ3n) is 11.5. The topological polar surface area (TPSA) is 62.5 Å². The van der Waals surface area contributed by atoms with Crippen molar-refractivity contribution in [2.45, 2.75) is 0 Å². The standard InChI is InChI=1S/C56H34N4/c57-35-36-29-45(33-46(30-36)44-27-28-52-50-17-8-7-15-48(50)49-16-9-10-18-51(49)53(52)34-44)43-26-22-38-21-25-42(31-47(38)32-43)37-19-23-41(24-20-37)56-59-54(39-11-3-1-4-12-39)58-55(60-56)40-13-5-2-6-14-40/h1-34H. The van der Waals surface area contributed by atoms with Crippen LogP contribution in [0.1, 0.15) is 5.56 Å². The van der Waals surface area contributed by atoms with Gasteiger partial charge < -0.3 is 0 Å². The molecule has 0 fully saturated rings. The molecule has 0 radical (unpaired) electrons. The van der Waals surface area contributed by atoms with Crippen molar-refractivity contribution in [3.05, 3.63) is 212 Å². The molecule has 0 aliphatic heterocycles. The Morgan fingerprint density at radius 2 is 0.650 bits per heavy atom. The molecule has 278 valence electrons. The van der Waals surface area contributed by atoms with Crippen LogP contribution in [0.5, 0.6) is 0 Å². The first-order valence-corrected chi connectivity index (χ1v) is 20.1. The molecule has 11 aromatic rings. The van der Waals surface area contributed by atoms with Crippen molar-refractivity contribution in [1.82, 2.24) is 15.0 Å². The predicted octanol–water partition coefficient (Wildman–Crippen LogP) is 14.4. The average Bonchev–Trinajstić information content (AvgIpc) is 3.34. The lowest BCUT2D eigenvalue weighted by atomic mass is 9.90. The lowest BCUT2D eigenvalue weighted by molar-refractivity contribution is 1.07. The molecule has 4 heteroatoms. The minimum Gasteiger partial charge on any atom is -0.208 e. The van der Waals surface area contributed by atoms with E-state index in [2.05, 4.69) is 140 Å². The summed E-state index contributed by atoms with van der Waals surface area (Å²) in [5.74, 6) is 1.91. The van der Waals surface area contributed by atoms with Crippen molar-refractivity contribution in [3.63, 3.8) is 0 Å². The second-order valence-electron chi connectivity index (χ2n) is 15.2. The summed E-state index contributed by atoms with van der Waals surface area (Å²) in [5.41, 5.74) is 9.80. The summed E-state index contributed by atoms with van der Waals surface area (Å²) in [6.45, 7) is 0. The Kier molecular flexibility index (Phi) is 8.50. The molecule has 0 amide bonds. The molecule has 0 saturated carbocycles. The van der Waals surface area contributed by atoms with Gasteiger partial charge in [0.1, 0.15) is 0 Å². The predicted molar refractivity (Wildman–Crippen MR) is 247 cm³/mol. The Bertz CT molecular complexity index is 3390. The smallest absolute Gasteiger partial charge is 0.164 e. The Hall–Kier alpha value is -8.26. The molecule has 0 N–H and O–H groups in total. The van der Waals surface area contributed by atoms with Gasteiger partial charge >= 0.3 is 0 Å². The molecule has 4 nitrogen and oxygen atoms in total. The number of fused-ring (bicyclic) bond motifs is 7. The Balaban J connectivity index is 0.944. The van der Waals surface area contributed by atoms with Crippen LogP contribution in [0.3, 0.4) is 0 Å². The molecule has 0 atom stereocenters. The summed E-state index contributed by atoms with van der Waals surface area (Å²) in [7, 11) is 0. The SMILES string of the molecule is N#Cc1cc(-c2ccc3ccc(-c4ccc(-c5nc(-c6ccccc6)nc(-c6ccccc6)n5)cc4)cc3c2)cc(-c2ccc3c4ccccc4c4ccccc4c3c2)c1. The van der Waals surface area contributed by atoms with Crippen LogP contribution >= 0.6 is 0 Å². The second kappa shape index (κ2) is 14.6. The summed E-state index contributed by atoms with van der Waals surface area (Å²) in [6, 6.07) is 74.2. The Morgan fingerprint density at radius 3 is 1.17 bits per heavy atom. The van der Waals surface area contributed by atoms with Gasteiger partial charge in [-0.2, -0.15) is 5.26 Å². The number of nitriles is 1. The third-order valence-corrected chi connectivity index (χ3v) is 11.5. The van der Waals surface area contributed by atoms with Crippen LogP contribution in [0.25, 0.3) is 111 Å². The molecule has 0 unspecified atom stereocenters. The zero-order valence-electron chi connectivity index (χ0n) is 32.4. The highest BCUT2D eigenvalue weighted by Crippen LogP contribution is 2.39. The number of aromatic nitrogens is 3. The van der Waals surface area contributed by atoms with E-state index in [1.54, 1.807) is 0 Å². The number of rotatable bonds is 6. The fraction of sp³-hybridized carbons (Fsp3) is 0. The first-order chi connectivity index (χ1) is 29.6. The van der Waals surface area contributed by atoms with Gasteiger partial charge in [-0.1, -0.05) is 170 Å². The second-order valence-corrected chi connectivity index (χ2v) is 15.2. The fourth-order valence-corrected chi connectivity index (χ4v) is 8.47. The van der Waals surface area contributed by atoms with Gasteiger partial charge in [0, 0.05) is 16.7 Å². The first kappa shape index (κ1) is 34.9. The monoisotopic (exact) mass is 762 g/mol. The van der Waals surface area contributed by atoms with Gasteiger partial charge in [-0.05, 0) is 113 Å². The third kappa shape index (κ3) is 6.32. The summed E-state index contributed by atoms with van der Waals surface area (Å²) in [4.78, 5) is 14.7. The van der Waals surface area contributed by atoms with E-state index in [0.29, 0.717) is 23.0 Å². The van der Waals surface area contributed by atoms with Gasteiger partial charge in [0.25, 0.3) is 0 Å². The minimum absolute atomic E-state index is 0.627. The first-order valence-electron chi connectivity index (χ1n) is 20.1. The molecule has 10 aromatic carbocycles. The van der Waals surface area contributed by atoms with Gasteiger partial charge in [-0.3, -0.25) is 0 Å². The van der Waals surface area contributed by atoms with Crippen molar-refractivity contribution < 1.29 is 0 Å². The maximum Gasteiger partial charge on any atom is 0.164 e. The van der Waals surface area contributed by atoms with Crippen molar-refractivity contribution in [3.8, 4) is 73.6 Å². The Morgan fingerprint density at radius 1 is 0.267 bits per heavy atom. The molecule has 1 heterocycles. The van der Waals surface area contributed by atoms with Gasteiger partial charge in [0.05, 0.1) is 11.6 Å². The highest BCUT2D eigenvalue weighted by molar-refractivity contribution is 6.25. The van der Waals surface area contributed by atoms with Crippen molar-refractivity contribution in [2.75, 3.05) is 0 Å². The molecular formula is C56H34N4. The van der Waals surface area contributed by atoms with Crippen LogP contribution in [0.15, 0.2) is 206 Å². The van der Waals surface area contributed by atoms with Gasteiger partial charge in [0.2, 0.25) is 0 Å². The van der Waals surface area contributed by atoms with Gasteiger partial charge in [-0.15, -0.1) is 0 Å². The normalized spacial score (nSPS) is 11.3. The van der Waals surface area contributed by atoms with Crippen LogP contribution in [-0.4, -0.2) is 15.0 Å². The average molecular weight is 763 g/mol. The zero-order valence-corrected chi connectivity index (χ0v) is 32.4. The summed E-state index contributed by atoms with van der Waals surface area (Å²) < 4.78 is 0. The van der Waals surface area contributed by atoms with Crippen LogP contribution in [0.4, 0.5) is 0 Å². The summed E-state index contributed by atoms with van der Waals surface area (Å²) >= 11 is 0. The van der Waals surface area contributed by atoms with Crippen molar-refractivity contribution in [1.29, 1.82) is 5.26 Å². The van der Waals surface area contributed by atoms with E-state index < -0.39 is 0 Å². The van der Waals surface area contributed by atoms with E-state index in [1.165, 1.54) is 32.3 Å². The van der Waals surface area contributed by atoms with Crippen LogP contribution in [0.2, 0.25) is 0 Å². The van der Waals surface area contributed by atoms with E-state index in [9.17, 15) is 5.26 Å². The maximum atomic E-state index is 10.2. The van der Waals surface area contributed by atoms with Crippen LogP contribution < -0.4 is 0 Å². The highest BCUT2D eigenvalue weighted by atomic mass is 15.0. The van der Waals surface area contributed by atoms with E-state index in [0.717, 1.165) is 60.8 Å². The largest absolute Gasteiger partial charge is 0.208 e. The van der Waals surface area contributed by atoms with E-state index in [-0.39, 0.29) is 0 Å². The molecule has 0 saturated heterocycles. The number of benzene rings is 10. The van der Waals surface area contributed by atoms with Crippen molar-refractivity contribution in [2.24, 2.45) is 0 Å². The minimum atomic E-state index is 0.627. The Labute approximate surface area is 347 Å². The molecular weight excluding hydrogens is 729 g/mol. The number of nitrogens with zero attached hydrogens (tertiary/aromatic N) is 4. The van der Waals surface area contributed by atoms with Gasteiger partial charge in [0.15, 0.2) is 17.5 Å². The lowest BCUT2D eigenvalue weighted by Crippen LogP contribution is -2.00. The van der Waals surface area contributed by atoms with Crippen molar-refractivity contribution >= 4 is 43.1 Å². The summed E-state index contributed by atoms with van der Waals surface area (Å²) in [6.07, 6.45) is 0. The molecule has 11 rings (SSSR count). The zero-order chi connectivity index (χ0) is 40.0. The lowest BCUT2D eigenvalue weighted by Gasteiger charge is -2.13. The van der Waals surface area contributed by atoms with Crippen LogP contribution in [-0.2, 0) is 0 Å². The quantitative estimate of drug-likeness (QED) is 0.158. The molecule has 0 bridgehead atoms. The molecule has 0 aliphatic carbocycles. The van der Waals surface area contributed by atoms with E-state index in [1.807, 2.05) is 72.8 Å². The fourth-order valence-electron chi connectivity index (χ4n) is 8.47. The maximum absolute atomic E-state index is 10.2. The van der Waals surface area contributed by atoms with E-state index >= 15 is 0 Å². The highest BCUT2D eigenvalue weighted by Gasteiger charge is 2.14.